The molecular formula is C19H14O6. The molecule has 1 atom stereocenters. The lowest BCUT2D eigenvalue weighted by atomic mass is 9.96. The third kappa shape index (κ3) is 3.33. The molecule has 0 bridgehead atoms. The van der Waals surface area contributed by atoms with E-state index >= 15 is 0 Å². The molecule has 1 aromatic heterocycles. The summed E-state index contributed by atoms with van der Waals surface area (Å²) >= 11 is 0. The lowest BCUT2D eigenvalue weighted by Gasteiger charge is -2.15. The number of hydrogen-bond donors (Lipinski definition) is 0. The van der Waals surface area contributed by atoms with Crippen molar-refractivity contribution >= 4 is 34.6 Å². The first-order valence-corrected chi connectivity index (χ1v) is 7.55. The van der Waals surface area contributed by atoms with Gasteiger partial charge in [-0.05, 0) is 43.7 Å². The van der Waals surface area contributed by atoms with Crippen LogP contribution in [-0.4, -0.2) is 17.5 Å². The highest BCUT2D eigenvalue weighted by Crippen LogP contribution is 2.18. The fraction of sp³-hybridized carbons (Fsp3) is 0.158. The van der Waals surface area contributed by atoms with Crippen molar-refractivity contribution in [3.8, 4) is 0 Å². The van der Waals surface area contributed by atoms with E-state index in [0.29, 0.717) is 11.0 Å². The van der Waals surface area contributed by atoms with E-state index in [1.165, 1.54) is 13.0 Å². The van der Waals surface area contributed by atoms with Crippen LogP contribution in [0, 0.1) is 12.8 Å². The van der Waals surface area contributed by atoms with Gasteiger partial charge in [0.05, 0.1) is 5.56 Å². The zero-order valence-electron chi connectivity index (χ0n) is 13.6. The molecule has 0 amide bonds. The maximum absolute atomic E-state index is 12.1. The number of carbonyl (C=O) groups excluding carboxylic acids is 3. The molecule has 3 rings (SSSR count). The molecule has 1 aliphatic heterocycles. The first-order chi connectivity index (χ1) is 11.8. The predicted octanol–water partition coefficient (Wildman–Crippen LogP) is 2.33. The number of cyclic esters (lactones) is 1. The summed E-state index contributed by atoms with van der Waals surface area (Å²) < 4.78 is 10.0. The second-order valence-corrected chi connectivity index (χ2v) is 5.78. The molecule has 25 heavy (non-hydrogen) atoms. The largest absolute Gasteiger partial charge is 0.430 e. The molecule has 6 nitrogen and oxygen atoms in total. The quantitative estimate of drug-likeness (QED) is 0.369. The van der Waals surface area contributed by atoms with Crippen molar-refractivity contribution in [3.63, 3.8) is 0 Å². The standard InChI is InChI=1S/C19H14O6/c1-10-3-4-12-9-13(18(22)25-16(12)7-10)5-6-14(20)17-15(21)8-11(2)24-19(17)23/h3-9,17H,1-2H3/b6-5+. The summed E-state index contributed by atoms with van der Waals surface area (Å²) in [6.07, 6.45) is 3.36. The van der Waals surface area contributed by atoms with Crippen molar-refractivity contribution in [3.05, 3.63) is 63.7 Å². The molecule has 1 aromatic carbocycles. The minimum atomic E-state index is -1.53. The number of benzene rings is 1. The zero-order valence-corrected chi connectivity index (χ0v) is 13.6. The highest BCUT2D eigenvalue weighted by molar-refractivity contribution is 6.25. The average molecular weight is 338 g/mol. The summed E-state index contributed by atoms with van der Waals surface area (Å²) in [5.74, 6) is -3.68. The van der Waals surface area contributed by atoms with Crippen molar-refractivity contribution in [2.24, 2.45) is 5.92 Å². The molecule has 0 aliphatic carbocycles. The van der Waals surface area contributed by atoms with Crippen LogP contribution in [0.25, 0.3) is 17.0 Å². The van der Waals surface area contributed by atoms with Crippen LogP contribution in [0.2, 0.25) is 0 Å². The Bertz CT molecular complexity index is 1020. The fourth-order valence-corrected chi connectivity index (χ4v) is 2.52. The molecule has 0 fully saturated rings. The Morgan fingerprint density at radius 2 is 1.88 bits per heavy atom. The smallest absolute Gasteiger partial charge is 0.343 e. The summed E-state index contributed by atoms with van der Waals surface area (Å²) in [6, 6.07) is 6.98. The Kier molecular flexibility index (Phi) is 4.19. The maximum atomic E-state index is 12.1. The van der Waals surface area contributed by atoms with Gasteiger partial charge in [0.25, 0.3) is 0 Å². The van der Waals surface area contributed by atoms with Gasteiger partial charge in [-0.3, -0.25) is 14.4 Å². The highest BCUT2D eigenvalue weighted by atomic mass is 16.5. The second-order valence-electron chi connectivity index (χ2n) is 5.78. The number of aryl methyl sites for hydroxylation is 1. The summed E-state index contributed by atoms with van der Waals surface area (Å²) in [6.45, 7) is 3.33. The molecule has 6 heteroatoms. The number of fused-ring (bicyclic) bond motifs is 1. The molecular weight excluding hydrogens is 324 g/mol. The van der Waals surface area contributed by atoms with Crippen molar-refractivity contribution in [2.45, 2.75) is 13.8 Å². The van der Waals surface area contributed by atoms with Crippen LogP contribution in [0.1, 0.15) is 18.1 Å². The molecule has 126 valence electrons. The first kappa shape index (κ1) is 16.6. The topological polar surface area (TPSA) is 90.6 Å². The van der Waals surface area contributed by atoms with Gasteiger partial charge in [0.15, 0.2) is 17.5 Å². The Labute approximate surface area is 142 Å². The molecule has 0 saturated heterocycles. The van der Waals surface area contributed by atoms with E-state index in [9.17, 15) is 19.2 Å². The van der Waals surface area contributed by atoms with Gasteiger partial charge < -0.3 is 9.15 Å². The lowest BCUT2D eigenvalue weighted by molar-refractivity contribution is -0.151. The van der Waals surface area contributed by atoms with E-state index in [0.717, 1.165) is 17.7 Å². The van der Waals surface area contributed by atoms with Crippen molar-refractivity contribution < 1.29 is 23.5 Å². The molecule has 1 unspecified atom stereocenters. The Morgan fingerprint density at radius 1 is 1.12 bits per heavy atom. The van der Waals surface area contributed by atoms with E-state index in [1.807, 2.05) is 13.0 Å². The van der Waals surface area contributed by atoms with Crippen molar-refractivity contribution in [2.75, 3.05) is 0 Å². The van der Waals surface area contributed by atoms with Gasteiger partial charge >= 0.3 is 11.6 Å². The average Bonchev–Trinajstić information content (AvgIpc) is 2.51. The fourth-order valence-electron chi connectivity index (χ4n) is 2.52. The molecule has 2 heterocycles. The van der Waals surface area contributed by atoms with Crippen LogP contribution >= 0.6 is 0 Å². The predicted molar refractivity (Wildman–Crippen MR) is 89.6 cm³/mol. The number of allylic oxidation sites excluding steroid dienone is 3. The van der Waals surface area contributed by atoms with Crippen molar-refractivity contribution in [1.29, 1.82) is 0 Å². The van der Waals surface area contributed by atoms with Gasteiger partial charge in [-0.15, -0.1) is 0 Å². The summed E-state index contributed by atoms with van der Waals surface area (Å²) in [5.41, 5.74) is 0.926. The Morgan fingerprint density at radius 3 is 2.60 bits per heavy atom. The van der Waals surface area contributed by atoms with E-state index < -0.39 is 29.1 Å². The second kappa shape index (κ2) is 6.32. The summed E-state index contributed by atoms with van der Waals surface area (Å²) in [4.78, 5) is 47.7. The number of rotatable bonds is 3. The maximum Gasteiger partial charge on any atom is 0.343 e. The van der Waals surface area contributed by atoms with Gasteiger partial charge in [0.2, 0.25) is 0 Å². The van der Waals surface area contributed by atoms with E-state index in [-0.39, 0.29) is 11.3 Å². The van der Waals surface area contributed by atoms with Crippen molar-refractivity contribution in [1.82, 2.24) is 0 Å². The van der Waals surface area contributed by atoms with E-state index in [2.05, 4.69) is 0 Å². The monoisotopic (exact) mass is 338 g/mol. The first-order valence-electron chi connectivity index (χ1n) is 7.55. The third-order valence-corrected chi connectivity index (χ3v) is 3.76. The normalized spacial score (nSPS) is 17.7. The van der Waals surface area contributed by atoms with Gasteiger partial charge in [0.1, 0.15) is 11.3 Å². The van der Waals surface area contributed by atoms with Crippen LogP contribution in [0.4, 0.5) is 0 Å². The minimum Gasteiger partial charge on any atom is -0.430 e. The molecule has 0 radical (unpaired) electrons. The molecule has 2 aromatic rings. The Balaban J connectivity index is 1.90. The molecule has 1 aliphatic rings. The van der Waals surface area contributed by atoms with Gasteiger partial charge in [-0.25, -0.2) is 4.79 Å². The van der Waals surface area contributed by atoms with E-state index in [1.54, 1.807) is 18.2 Å². The molecule has 0 spiro atoms. The number of carbonyl (C=O) groups is 3. The SMILES string of the molecule is CC1=CC(=O)C(C(=O)/C=C/c2cc3ccc(C)cc3oc2=O)C(=O)O1. The number of ether oxygens (including phenoxy) is 1. The Hall–Kier alpha value is -3.28. The molecule has 0 saturated carbocycles. The van der Waals surface area contributed by atoms with Crippen LogP contribution in [0.5, 0.6) is 0 Å². The number of esters is 1. The lowest BCUT2D eigenvalue weighted by Crippen LogP contribution is -2.34. The van der Waals surface area contributed by atoms with Gasteiger partial charge in [-0.2, -0.15) is 0 Å². The van der Waals surface area contributed by atoms with Crippen LogP contribution < -0.4 is 5.63 Å². The van der Waals surface area contributed by atoms with Crippen LogP contribution in [0.3, 0.4) is 0 Å². The number of ketones is 2. The highest BCUT2D eigenvalue weighted by Gasteiger charge is 2.36. The summed E-state index contributed by atoms with van der Waals surface area (Å²) in [7, 11) is 0. The number of hydrogen-bond acceptors (Lipinski definition) is 6. The van der Waals surface area contributed by atoms with Crippen LogP contribution in [0.15, 0.2) is 51.4 Å². The third-order valence-electron chi connectivity index (χ3n) is 3.76. The summed E-state index contributed by atoms with van der Waals surface area (Å²) in [5, 5.41) is 0.698. The molecule has 0 N–H and O–H groups in total. The van der Waals surface area contributed by atoms with Crippen LogP contribution in [-0.2, 0) is 19.1 Å². The zero-order chi connectivity index (χ0) is 18.1. The van der Waals surface area contributed by atoms with E-state index in [4.69, 9.17) is 9.15 Å². The van der Waals surface area contributed by atoms with Gasteiger partial charge in [0, 0.05) is 11.5 Å². The minimum absolute atomic E-state index is 0.146. The van der Waals surface area contributed by atoms with Gasteiger partial charge in [-0.1, -0.05) is 12.1 Å².